The van der Waals surface area contributed by atoms with Gasteiger partial charge in [0.15, 0.2) is 5.71 Å². The molecule has 2 N–H and O–H groups in total. The lowest BCUT2D eigenvalue weighted by Gasteiger charge is -2.05. The number of hydrogen-bond acceptors (Lipinski definition) is 4. The Morgan fingerprint density at radius 1 is 1.17 bits per heavy atom. The number of imide groups is 1. The van der Waals surface area contributed by atoms with E-state index in [4.69, 9.17) is 0 Å². The van der Waals surface area contributed by atoms with Gasteiger partial charge in [0, 0.05) is 5.56 Å². The van der Waals surface area contributed by atoms with E-state index in [1.54, 1.807) is 24.3 Å². The van der Waals surface area contributed by atoms with Crippen LogP contribution in [0.15, 0.2) is 29.4 Å². The highest BCUT2D eigenvalue weighted by atomic mass is 16.2. The van der Waals surface area contributed by atoms with E-state index in [0.29, 0.717) is 16.3 Å². The lowest BCUT2D eigenvalue weighted by Crippen LogP contribution is -2.29. The van der Waals surface area contributed by atoms with Crippen LogP contribution in [0.5, 0.6) is 0 Å². The van der Waals surface area contributed by atoms with E-state index in [9.17, 15) is 14.4 Å². The van der Waals surface area contributed by atoms with Crippen LogP contribution in [0.25, 0.3) is 0 Å². The van der Waals surface area contributed by atoms with Crippen LogP contribution in [0.1, 0.15) is 5.56 Å². The molecule has 1 fully saturated rings. The molecule has 0 saturated carbocycles. The molecule has 1 saturated heterocycles. The lowest BCUT2D eigenvalue weighted by molar-refractivity contribution is -0.124. The number of carbonyl (C=O) groups is 3. The van der Waals surface area contributed by atoms with Crippen LogP contribution in [0.4, 0.5) is 10.5 Å². The van der Waals surface area contributed by atoms with Gasteiger partial charge >= 0.3 is 6.03 Å². The van der Waals surface area contributed by atoms with Gasteiger partial charge in [0.05, 0.1) is 5.69 Å². The van der Waals surface area contributed by atoms with Crippen molar-refractivity contribution in [1.82, 2.24) is 10.3 Å². The second kappa shape index (κ2) is 3.66. The van der Waals surface area contributed by atoms with Gasteiger partial charge < -0.3 is 10.6 Å². The second-order valence-corrected chi connectivity index (χ2v) is 3.81. The van der Waals surface area contributed by atoms with E-state index in [-0.39, 0.29) is 12.3 Å². The molecule has 0 aromatic heterocycles. The summed E-state index contributed by atoms with van der Waals surface area (Å²) in [5.41, 5.74) is 1.26. The number of urea groups is 1. The number of fused-ring (bicyclic) bond motifs is 1. The zero-order valence-electron chi connectivity index (χ0n) is 9.14. The van der Waals surface area contributed by atoms with Crippen molar-refractivity contribution in [2.45, 2.75) is 0 Å². The Morgan fingerprint density at radius 2 is 1.94 bits per heavy atom. The number of rotatable bonds is 1. The van der Waals surface area contributed by atoms with Gasteiger partial charge in [-0.1, -0.05) is 18.2 Å². The minimum absolute atomic E-state index is 0.0657. The predicted octanol–water partition coefficient (Wildman–Crippen LogP) is -0.105. The molecule has 0 bridgehead atoms. The maximum atomic E-state index is 11.7. The molecular formula is C11H8N4O3. The molecule has 4 amide bonds. The SMILES string of the molecule is O=C1Nc2ccccc2C1=NN1C(=O)CNC1=O. The summed E-state index contributed by atoms with van der Waals surface area (Å²) in [5, 5.41) is 9.46. The molecule has 1 aromatic carbocycles. The summed E-state index contributed by atoms with van der Waals surface area (Å²) in [6.45, 7) is -0.0983. The third-order valence-electron chi connectivity index (χ3n) is 2.66. The van der Waals surface area contributed by atoms with E-state index in [1.165, 1.54) is 0 Å². The minimum atomic E-state index is -0.621. The third-order valence-corrected chi connectivity index (χ3v) is 2.66. The smallest absolute Gasteiger partial charge is 0.327 e. The van der Waals surface area contributed by atoms with Crippen molar-refractivity contribution in [2.24, 2.45) is 5.10 Å². The first kappa shape index (κ1) is 10.5. The van der Waals surface area contributed by atoms with E-state index in [1.807, 2.05) is 0 Å². The maximum Gasteiger partial charge on any atom is 0.345 e. The number of carbonyl (C=O) groups excluding carboxylic acids is 3. The van der Waals surface area contributed by atoms with Gasteiger partial charge in [-0.25, -0.2) is 4.79 Å². The molecule has 0 spiro atoms. The van der Waals surface area contributed by atoms with Crippen LogP contribution in [-0.4, -0.2) is 35.1 Å². The summed E-state index contributed by atoms with van der Waals surface area (Å²) in [6, 6.07) is 6.33. The van der Waals surface area contributed by atoms with E-state index < -0.39 is 17.8 Å². The fourth-order valence-electron chi connectivity index (χ4n) is 1.82. The molecule has 7 nitrogen and oxygen atoms in total. The highest BCUT2D eigenvalue weighted by molar-refractivity contribution is 6.53. The Kier molecular flexibility index (Phi) is 2.12. The summed E-state index contributed by atoms with van der Waals surface area (Å²) >= 11 is 0. The van der Waals surface area contributed by atoms with Gasteiger partial charge in [-0.2, -0.15) is 5.10 Å². The normalized spacial score (nSPS) is 20.1. The molecule has 2 aliphatic rings. The quantitative estimate of drug-likeness (QED) is 0.675. The molecule has 1 aromatic rings. The Morgan fingerprint density at radius 3 is 2.67 bits per heavy atom. The lowest BCUT2D eigenvalue weighted by atomic mass is 10.1. The van der Waals surface area contributed by atoms with Crippen LogP contribution in [0.2, 0.25) is 0 Å². The number of benzene rings is 1. The Labute approximate surface area is 101 Å². The average Bonchev–Trinajstić information content (AvgIpc) is 2.84. The molecule has 90 valence electrons. The Bertz CT molecular complexity index is 592. The largest absolute Gasteiger partial charge is 0.345 e. The number of amides is 4. The standard InChI is InChI=1S/C11H8N4O3/c16-8-5-12-11(18)15(8)14-9-6-3-1-2-4-7(6)13-10(9)17/h1-4H,5H2,(H,12,18)(H,13,14,17). The molecule has 7 heteroatoms. The van der Waals surface area contributed by atoms with Gasteiger partial charge in [0.25, 0.3) is 11.8 Å². The van der Waals surface area contributed by atoms with Crippen molar-refractivity contribution in [3.63, 3.8) is 0 Å². The third kappa shape index (κ3) is 1.45. The minimum Gasteiger partial charge on any atom is -0.327 e. The number of hydrogen-bond donors (Lipinski definition) is 2. The van der Waals surface area contributed by atoms with Crippen molar-refractivity contribution >= 4 is 29.2 Å². The molecule has 3 rings (SSSR count). The molecule has 0 aliphatic carbocycles. The number of nitrogens with zero attached hydrogens (tertiary/aromatic N) is 2. The molecular weight excluding hydrogens is 236 g/mol. The van der Waals surface area contributed by atoms with Gasteiger partial charge in [-0.3, -0.25) is 9.59 Å². The molecule has 0 unspecified atom stereocenters. The van der Waals surface area contributed by atoms with E-state index >= 15 is 0 Å². The summed E-state index contributed by atoms with van der Waals surface area (Å²) < 4.78 is 0. The van der Waals surface area contributed by atoms with Crippen LogP contribution < -0.4 is 10.6 Å². The molecule has 2 heterocycles. The number of nitrogens with one attached hydrogen (secondary N) is 2. The highest BCUT2D eigenvalue weighted by Crippen LogP contribution is 2.23. The molecule has 0 atom stereocenters. The van der Waals surface area contributed by atoms with Crippen molar-refractivity contribution in [3.05, 3.63) is 29.8 Å². The first-order chi connectivity index (χ1) is 8.66. The van der Waals surface area contributed by atoms with Crippen LogP contribution >= 0.6 is 0 Å². The average molecular weight is 244 g/mol. The summed E-state index contributed by atoms with van der Waals surface area (Å²) in [6.07, 6.45) is 0. The van der Waals surface area contributed by atoms with Crippen molar-refractivity contribution in [3.8, 4) is 0 Å². The first-order valence-electron chi connectivity index (χ1n) is 5.27. The number of anilines is 1. The first-order valence-corrected chi connectivity index (χ1v) is 5.27. The number of hydrazone groups is 1. The summed E-state index contributed by atoms with van der Waals surface area (Å²) in [5.74, 6) is -0.909. The van der Waals surface area contributed by atoms with Crippen LogP contribution in [-0.2, 0) is 9.59 Å². The van der Waals surface area contributed by atoms with Gasteiger partial charge in [-0.05, 0) is 6.07 Å². The van der Waals surface area contributed by atoms with E-state index in [0.717, 1.165) is 0 Å². The van der Waals surface area contributed by atoms with Crippen LogP contribution in [0.3, 0.4) is 0 Å². The summed E-state index contributed by atoms with van der Waals surface area (Å²) in [7, 11) is 0. The zero-order chi connectivity index (χ0) is 12.7. The maximum absolute atomic E-state index is 11.7. The van der Waals surface area contributed by atoms with Gasteiger partial charge in [0.1, 0.15) is 6.54 Å². The topological polar surface area (TPSA) is 90.9 Å². The monoisotopic (exact) mass is 244 g/mol. The number of para-hydroxylation sites is 1. The molecule has 0 radical (unpaired) electrons. The summed E-state index contributed by atoms with van der Waals surface area (Å²) in [4.78, 5) is 34.5. The van der Waals surface area contributed by atoms with Gasteiger partial charge in [0.2, 0.25) is 0 Å². The zero-order valence-corrected chi connectivity index (χ0v) is 9.14. The van der Waals surface area contributed by atoms with Crippen molar-refractivity contribution in [1.29, 1.82) is 0 Å². The second-order valence-electron chi connectivity index (χ2n) is 3.81. The highest BCUT2D eigenvalue weighted by Gasteiger charge is 2.33. The predicted molar refractivity (Wildman–Crippen MR) is 61.9 cm³/mol. The fourth-order valence-corrected chi connectivity index (χ4v) is 1.82. The Hall–Kier alpha value is -2.70. The van der Waals surface area contributed by atoms with Crippen molar-refractivity contribution in [2.75, 3.05) is 11.9 Å². The Balaban J connectivity index is 2.04. The van der Waals surface area contributed by atoms with E-state index in [2.05, 4.69) is 15.7 Å². The van der Waals surface area contributed by atoms with Crippen molar-refractivity contribution < 1.29 is 14.4 Å². The fraction of sp³-hybridized carbons (Fsp3) is 0.0909. The van der Waals surface area contributed by atoms with Crippen LogP contribution in [0, 0.1) is 0 Å². The molecule has 18 heavy (non-hydrogen) atoms. The molecule has 2 aliphatic heterocycles. The van der Waals surface area contributed by atoms with Gasteiger partial charge in [-0.15, -0.1) is 5.01 Å².